The van der Waals surface area contributed by atoms with Crippen LogP contribution in [0.2, 0.25) is 0 Å². The van der Waals surface area contributed by atoms with Crippen molar-refractivity contribution in [3.05, 3.63) is 29.3 Å². The second-order valence-electron chi connectivity index (χ2n) is 3.92. The molecule has 1 aromatic rings. The van der Waals surface area contributed by atoms with E-state index in [4.69, 9.17) is 11.5 Å². The Kier molecular flexibility index (Phi) is 4.46. The summed E-state index contributed by atoms with van der Waals surface area (Å²) in [5.74, 6) is -1.88. The molecule has 7 heteroatoms. The maximum atomic E-state index is 11.3. The normalized spacial score (nSPS) is 11.5. The Hall–Kier alpha value is -2.57. The third-order valence-electron chi connectivity index (χ3n) is 2.44. The molecule has 0 aliphatic rings. The highest BCUT2D eigenvalue weighted by atomic mass is 16.5. The molecule has 0 saturated heterocycles. The predicted octanol–water partition coefficient (Wildman–Crippen LogP) is -0.142. The second kappa shape index (κ2) is 5.85. The molecule has 1 rings (SSSR count). The third-order valence-corrected chi connectivity index (χ3v) is 2.44. The average molecular weight is 265 g/mol. The van der Waals surface area contributed by atoms with E-state index in [1.165, 1.54) is 25.3 Å². The molecule has 102 valence electrons. The van der Waals surface area contributed by atoms with Crippen LogP contribution in [0.3, 0.4) is 0 Å². The molecule has 1 aromatic carbocycles. The van der Waals surface area contributed by atoms with Crippen LogP contribution in [-0.2, 0) is 9.53 Å². The molecule has 0 heterocycles. The van der Waals surface area contributed by atoms with E-state index in [9.17, 15) is 14.4 Å². The minimum Gasteiger partial charge on any atom is -0.467 e. The molecule has 0 aliphatic heterocycles. The monoisotopic (exact) mass is 265 g/mol. The fourth-order valence-corrected chi connectivity index (χ4v) is 1.48. The molecule has 0 radical (unpaired) electrons. The van der Waals surface area contributed by atoms with Gasteiger partial charge in [0.25, 0.3) is 0 Å². The highest BCUT2D eigenvalue weighted by molar-refractivity contribution is 6.00. The number of amides is 2. The van der Waals surface area contributed by atoms with Crippen molar-refractivity contribution < 1.29 is 19.1 Å². The van der Waals surface area contributed by atoms with Crippen LogP contribution in [0.25, 0.3) is 0 Å². The van der Waals surface area contributed by atoms with Crippen LogP contribution in [0.15, 0.2) is 18.2 Å². The van der Waals surface area contributed by atoms with Crippen LogP contribution in [0.1, 0.15) is 27.6 Å². The van der Waals surface area contributed by atoms with Gasteiger partial charge in [0.15, 0.2) is 0 Å². The Morgan fingerprint density at radius 3 is 1.95 bits per heavy atom. The maximum Gasteiger partial charge on any atom is 0.327 e. The van der Waals surface area contributed by atoms with Crippen molar-refractivity contribution in [2.75, 3.05) is 12.4 Å². The van der Waals surface area contributed by atoms with Crippen LogP contribution in [0.4, 0.5) is 5.69 Å². The van der Waals surface area contributed by atoms with Crippen LogP contribution < -0.4 is 16.8 Å². The first-order chi connectivity index (χ1) is 8.85. The number of anilines is 1. The van der Waals surface area contributed by atoms with E-state index in [0.717, 1.165) is 0 Å². The van der Waals surface area contributed by atoms with Crippen molar-refractivity contribution in [1.82, 2.24) is 0 Å². The van der Waals surface area contributed by atoms with E-state index in [-0.39, 0.29) is 11.1 Å². The SMILES string of the molecule is COC(=O)C(C)Nc1cc(C(N)=O)cc(C(N)=O)c1. The topological polar surface area (TPSA) is 125 Å². The van der Waals surface area contributed by atoms with E-state index in [1.54, 1.807) is 6.92 Å². The van der Waals surface area contributed by atoms with Crippen LogP contribution in [-0.4, -0.2) is 30.9 Å². The summed E-state index contributed by atoms with van der Waals surface area (Å²) >= 11 is 0. The van der Waals surface area contributed by atoms with Crippen LogP contribution >= 0.6 is 0 Å². The Labute approximate surface area is 109 Å². The lowest BCUT2D eigenvalue weighted by Crippen LogP contribution is -2.27. The lowest BCUT2D eigenvalue weighted by Gasteiger charge is -2.14. The second-order valence-corrected chi connectivity index (χ2v) is 3.92. The molecular formula is C12H15N3O4. The van der Waals surface area contributed by atoms with Gasteiger partial charge in [-0.2, -0.15) is 0 Å². The number of benzene rings is 1. The van der Waals surface area contributed by atoms with Crippen molar-refractivity contribution in [1.29, 1.82) is 0 Å². The number of hydrogen-bond donors (Lipinski definition) is 3. The number of nitrogens with two attached hydrogens (primary N) is 2. The Balaban J connectivity index is 3.09. The van der Waals surface area contributed by atoms with Gasteiger partial charge >= 0.3 is 5.97 Å². The molecule has 1 unspecified atom stereocenters. The van der Waals surface area contributed by atoms with E-state index in [2.05, 4.69) is 10.1 Å². The van der Waals surface area contributed by atoms with Gasteiger partial charge in [-0.15, -0.1) is 0 Å². The molecule has 0 saturated carbocycles. The van der Waals surface area contributed by atoms with Crippen molar-refractivity contribution in [3.8, 4) is 0 Å². The number of methoxy groups -OCH3 is 1. The van der Waals surface area contributed by atoms with Crippen molar-refractivity contribution in [2.45, 2.75) is 13.0 Å². The van der Waals surface area contributed by atoms with Gasteiger partial charge in [-0.05, 0) is 25.1 Å². The molecule has 7 nitrogen and oxygen atoms in total. The standard InChI is InChI=1S/C12H15N3O4/c1-6(12(18)19-2)15-9-4-7(10(13)16)3-8(5-9)11(14)17/h3-6,15H,1-2H3,(H2,13,16)(H2,14,17). The molecule has 0 aliphatic carbocycles. The van der Waals surface area contributed by atoms with E-state index in [0.29, 0.717) is 5.69 Å². The summed E-state index contributed by atoms with van der Waals surface area (Å²) in [5.41, 5.74) is 10.9. The average Bonchev–Trinajstić information content (AvgIpc) is 2.37. The minimum atomic E-state index is -0.697. The van der Waals surface area contributed by atoms with Crippen LogP contribution in [0.5, 0.6) is 0 Å². The van der Waals surface area contributed by atoms with E-state index in [1.807, 2.05) is 0 Å². The Morgan fingerprint density at radius 1 is 1.11 bits per heavy atom. The van der Waals surface area contributed by atoms with Gasteiger partial charge in [-0.1, -0.05) is 0 Å². The first-order valence-electron chi connectivity index (χ1n) is 5.44. The summed E-state index contributed by atoms with van der Waals surface area (Å²) in [6, 6.07) is 3.50. The maximum absolute atomic E-state index is 11.3. The number of rotatable bonds is 5. The lowest BCUT2D eigenvalue weighted by molar-refractivity contribution is -0.141. The fraction of sp³-hybridized carbons (Fsp3) is 0.250. The molecule has 5 N–H and O–H groups in total. The predicted molar refractivity (Wildman–Crippen MR) is 68.6 cm³/mol. The molecule has 19 heavy (non-hydrogen) atoms. The van der Waals surface area contributed by atoms with Gasteiger partial charge in [0.2, 0.25) is 11.8 Å². The van der Waals surface area contributed by atoms with Gasteiger partial charge in [0.1, 0.15) is 6.04 Å². The minimum absolute atomic E-state index is 0.121. The van der Waals surface area contributed by atoms with E-state index >= 15 is 0 Å². The number of ether oxygens (including phenoxy) is 1. The molecule has 0 spiro atoms. The first-order valence-corrected chi connectivity index (χ1v) is 5.44. The number of carbonyl (C=O) groups excluding carboxylic acids is 3. The molecular weight excluding hydrogens is 250 g/mol. The van der Waals surface area contributed by atoms with Gasteiger partial charge < -0.3 is 21.5 Å². The van der Waals surface area contributed by atoms with Crippen LogP contribution in [0, 0.1) is 0 Å². The van der Waals surface area contributed by atoms with Gasteiger partial charge in [-0.3, -0.25) is 9.59 Å². The highest BCUT2D eigenvalue weighted by Crippen LogP contribution is 2.16. The Bertz CT molecular complexity index is 495. The quantitative estimate of drug-likeness (QED) is 0.639. The number of hydrogen-bond acceptors (Lipinski definition) is 5. The number of nitrogens with one attached hydrogen (secondary N) is 1. The van der Waals surface area contributed by atoms with Gasteiger partial charge in [-0.25, -0.2) is 4.79 Å². The molecule has 0 aromatic heterocycles. The van der Waals surface area contributed by atoms with Gasteiger partial charge in [0, 0.05) is 16.8 Å². The fourth-order valence-electron chi connectivity index (χ4n) is 1.48. The summed E-state index contributed by atoms with van der Waals surface area (Å²) in [6.07, 6.45) is 0. The number of primary amides is 2. The van der Waals surface area contributed by atoms with Crippen molar-refractivity contribution in [3.63, 3.8) is 0 Å². The lowest BCUT2D eigenvalue weighted by atomic mass is 10.1. The zero-order chi connectivity index (χ0) is 14.6. The third kappa shape index (κ3) is 3.70. The zero-order valence-corrected chi connectivity index (χ0v) is 10.6. The highest BCUT2D eigenvalue weighted by Gasteiger charge is 2.15. The molecule has 0 fully saturated rings. The molecule has 0 bridgehead atoms. The number of carbonyl (C=O) groups is 3. The summed E-state index contributed by atoms with van der Waals surface area (Å²) in [7, 11) is 1.26. The summed E-state index contributed by atoms with van der Waals surface area (Å²) < 4.78 is 4.55. The molecule has 1 atom stereocenters. The van der Waals surface area contributed by atoms with Crippen molar-refractivity contribution in [2.24, 2.45) is 11.5 Å². The summed E-state index contributed by atoms with van der Waals surface area (Å²) in [5, 5.41) is 2.79. The molecule has 2 amide bonds. The first kappa shape index (κ1) is 14.5. The smallest absolute Gasteiger partial charge is 0.327 e. The summed E-state index contributed by atoms with van der Waals surface area (Å²) in [4.78, 5) is 33.6. The Morgan fingerprint density at radius 2 is 1.58 bits per heavy atom. The zero-order valence-electron chi connectivity index (χ0n) is 10.6. The van der Waals surface area contributed by atoms with Gasteiger partial charge in [0.05, 0.1) is 7.11 Å². The largest absolute Gasteiger partial charge is 0.467 e. The number of esters is 1. The van der Waals surface area contributed by atoms with E-state index < -0.39 is 23.8 Å². The summed E-state index contributed by atoms with van der Waals surface area (Å²) in [6.45, 7) is 1.58. The van der Waals surface area contributed by atoms with Crippen molar-refractivity contribution >= 4 is 23.5 Å².